The maximum absolute atomic E-state index is 10.8. The lowest BCUT2D eigenvalue weighted by molar-refractivity contribution is -0.385. The average Bonchev–Trinajstić information content (AvgIpc) is 2.85. The van der Waals surface area contributed by atoms with E-state index >= 15 is 0 Å². The van der Waals surface area contributed by atoms with Crippen LogP contribution >= 0.6 is 0 Å². The zero-order chi connectivity index (χ0) is 14.7. The molecule has 2 atom stereocenters. The van der Waals surface area contributed by atoms with E-state index in [4.69, 9.17) is 9.84 Å². The van der Waals surface area contributed by atoms with Crippen LogP contribution in [0.15, 0.2) is 18.2 Å². The number of hydrogen-bond acceptors (Lipinski definition) is 5. The second-order valence-corrected chi connectivity index (χ2v) is 4.80. The second kappa shape index (κ2) is 5.87. The lowest BCUT2D eigenvalue weighted by Crippen LogP contribution is -2.24. The molecule has 0 bridgehead atoms. The van der Waals surface area contributed by atoms with Crippen molar-refractivity contribution in [1.29, 1.82) is 0 Å². The van der Waals surface area contributed by atoms with Gasteiger partial charge in [-0.15, -0.1) is 0 Å². The molecule has 2 N–H and O–H groups in total. The van der Waals surface area contributed by atoms with Crippen LogP contribution in [0.1, 0.15) is 18.4 Å². The third-order valence-corrected chi connectivity index (χ3v) is 3.31. The molecule has 0 spiro atoms. The Balaban J connectivity index is 1.90. The predicted octanol–water partition coefficient (Wildman–Crippen LogP) is 1.95. The highest BCUT2D eigenvalue weighted by molar-refractivity contribution is 5.72. The molecule has 1 saturated heterocycles. The summed E-state index contributed by atoms with van der Waals surface area (Å²) in [6, 6.07) is 4.78. The number of carbonyl (C=O) groups is 1. The van der Waals surface area contributed by atoms with Crippen molar-refractivity contribution in [3.05, 3.63) is 33.9 Å². The Labute approximate surface area is 115 Å². The number of rotatable bonds is 5. The van der Waals surface area contributed by atoms with Gasteiger partial charge in [0.25, 0.3) is 5.69 Å². The van der Waals surface area contributed by atoms with Crippen molar-refractivity contribution in [2.45, 2.75) is 32.0 Å². The fourth-order valence-electron chi connectivity index (χ4n) is 2.24. The fourth-order valence-corrected chi connectivity index (χ4v) is 2.24. The van der Waals surface area contributed by atoms with Gasteiger partial charge in [-0.05, 0) is 31.9 Å². The van der Waals surface area contributed by atoms with Crippen molar-refractivity contribution in [2.24, 2.45) is 0 Å². The number of nitro groups is 1. The van der Waals surface area contributed by atoms with Gasteiger partial charge in [0.05, 0.1) is 11.0 Å². The van der Waals surface area contributed by atoms with Crippen molar-refractivity contribution in [3.63, 3.8) is 0 Å². The minimum Gasteiger partial charge on any atom is -0.479 e. The Morgan fingerprint density at radius 1 is 1.55 bits per heavy atom. The van der Waals surface area contributed by atoms with Crippen LogP contribution in [-0.2, 0) is 9.53 Å². The number of hydrogen-bond donors (Lipinski definition) is 2. The smallest absolute Gasteiger partial charge is 0.332 e. The molecular weight excluding hydrogens is 264 g/mol. The quantitative estimate of drug-likeness (QED) is 0.631. The maximum Gasteiger partial charge on any atom is 0.332 e. The van der Waals surface area contributed by atoms with Crippen LogP contribution in [0.25, 0.3) is 0 Å². The van der Waals surface area contributed by atoms with E-state index in [2.05, 4.69) is 5.32 Å². The number of ether oxygens (including phenoxy) is 1. The van der Waals surface area contributed by atoms with Gasteiger partial charge in [-0.2, -0.15) is 0 Å². The highest BCUT2D eigenvalue weighted by Crippen LogP contribution is 2.23. The van der Waals surface area contributed by atoms with Gasteiger partial charge in [0.15, 0.2) is 6.10 Å². The highest BCUT2D eigenvalue weighted by atomic mass is 16.6. The molecule has 7 heteroatoms. The second-order valence-electron chi connectivity index (χ2n) is 4.80. The van der Waals surface area contributed by atoms with E-state index < -0.39 is 17.0 Å². The monoisotopic (exact) mass is 280 g/mol. The molecule has 1 aliphatic heterocycles. The van der Waals surface area contributed by atoms with Gasteiger partial charge in [-0.3, -0.25) is 10.1 Å². The number of aliphatic carboxylic acids is 1. The molecule has 1 heterocycles. The highest BCUT2D eigenvalue weighted by Gasteiger charge is 2.30. The van der Waals surface area contributed by atoms with Crippen molar-refractivity contribution in [3.8, 4) is 0 Å². The van der Waals surface area contributed by atoms with Crippen LogP contribution in [0.2, 0.25) is 0 Å². The molecule has 0 saturated carbocycles. The number of anilines is 1. The molecule has 0 amide bonds. The van der Waals surface area contributed by atoms with E-state index in [-0.39, 0.29) is 11.8 Å². The first kappa shape index (κ1) is 14.3. The minimum atomic E-state index is -0.932. The van der Waals surface area contributed by atoms with Crippen molar-refractivity contribution in [2.75, 3.05) is 11.9 Å². The van der Waals surface area contributed by atoms with Gasteiger partial charge in [0.1, 0.15) is 0 Å². The summed E-state index contributed by atoms with van der Waals surface area (Å²) in [6.45, 7) is 2.16. The Morgan fingerprint density at radius 3 is 2.85 bits per heavy atom. The predicted molar refractivity (Wildman–Crippen MR) is 71.9 cm³/mol. The van der Waals surface area contributed by atoms with Gasteiger partial charge >= 0.3 is 5.97 Å². The molecule has 108 valence electrons. The summed E-state index contributed by atoms with van der Waals surface area (Å²) in [6.07, 6.45) is 0.337. The molecule has 1 aromatic rings. The number of carboxylic acid groups (broad SMARTS) is 1. The van der Waals surface area contributed by atoms with Crippen LogP contribution in [0.3, 0.4) is 0 Å². The van der Waals surface area contributed by atoms with E-state index in [1.165, 1.54) is 6.07 Å². The van der Waals surface area contributed by atoms with Gasteiger partial charge in [-0.25, -0.2) is 4.79 Å². The number of aryl methyl sites for hydroxylation is 1. The maximum atomic E-state index is 10.8. The lowest BCUT2D eigenvalue weighted by atomic mass is 10.1. The number of carboxylic acids is 1. The van der Waals surface area contributed by atoms with Crippen molar-refractivity contribution < 1.29 is 19.6 Å². The van der Waals surface area contributed by atoms with E-state index in [1.807, 2.05) is 0 Å². The summed E-state index contributed by atoms with van der Waals surface area (Å²) in [5.41, 5.74) is 1.42. The number of nitro benzene ring substituents is 1. The van der Waals surface area contributed by atoms with Crippen LogP contribution < -0.4 is 5.32 Å². The Bertz CT molecular complexity index is 531. The normalized spacial score (nSPS) is 21.6. The summed E-state index contributed by atoms with van der Waals surface area (Å²) < 4.78 is 5.37. The Morgan fingerprint density at radius 2 is 2.30 bits per heavy atom. The first-order chi connectivity index (χ1) is 9.47. The summed E-state index contributed by atoms with van der Waals surface area (Å²) in [5, 5.41) is 22.6. The van der Waals surface area contributed by atoms with Crippen LogP contribution in [0.4, 0.5) is 11.4 Å². The molecule has 7 nitrogen and oxygen atoms in total. The third-order valence-electron chi connectivity index (χ3n) is 3.31. The number of benzene rings is 1. The summed E-state index contributed by atoms with van der Waals surface area (Å²) in [4.78, 5) is 21.0. The average molecular weight is 280 g/mol. The largest absolute Gasteiger partial charge is 0.479 e. The van der Waals surface area contributed by atoms with Crippen LogP contribution in [0.5, 0.6) is 0 Å². The Kier molecular flexibility index (Phi) is 4.19. The van der Waals surface area contributed by atoms with Crippen LogP contribution in [0, 0.1) is 17.0 Å². The van der Waals surface area contributed by atoms with Crippen molar-refractivity contribution in [1.82, 2.24) is 0 Å². The van der Waals surface area contributed by atoms with E-state index in [1.54, 1.807) is 19.1 Å². The van der Waals surface area contributed by atoms with E-state index in [9.17, 15) is 14.9 Å². The molecular formula is C13H16N2O5. The first-order valence-electron chi connectivity index (χ1n) is 6.34. The summed E-state index contributed by atoms with van der Waals surface area (Å²) >= 11 is 0. The molecule has 1 fully saturated rings. The standard InChI is InChI=1S/C13H16N2O5/c1-8-6-9(2-4-11(8)15(18)19)14-7-10-3-5-12(20-10)13(16)17/h2,4,6,10,12,14H,3,5,7H2,1H3,(H,16,17). The molecule has 0 radical (unpaired) electrons. The zero-order valence-corrected chi connectivity index (χ0v) is 11.0. The fraction of sp³-hybridized carbons (Fsp3) is 0.462. The molecule has 1 aliphatic rings. The zero-order valence-electron chi connectivity index (χ0n) is 11.0. The SMILES string of the molecule is Cc1cc(NCC2CCC(C(=O)O)O2)ccc1[N+](=O)[O-]. The number of nitrogens with zero attached hydrogens (tertiary/aromatic N) is 1. The third kappa shape index (κ3) is 3.24. The summed E-state index contributed by atoms with van der Waals surface area (Å²) in [7, 11) is 0. The molecule has 20 heavy (non-hydrogen) atoms. The molecule has 0 aliphatic carbocycles. The molecule has 1 aromatic carbocycles. The van der Waals surface area contributed by atoms with Gasteiger partial charge in [-0.1, -0.05) is 0 Å². The van der Waals surface area contributed by atoms with Gasteiger partial charge < -0.3 is 15.2 Å². The van der Waals surface area contributed by atoms with Crippen LogP contribution in [-0.4, -0.2) is 34.8 Å². The molecule has 2 rings (SSSR count). The van der Waals surface area contributed by atoms with E-state index in [0.29, 0.717) is 24.9 Å². The van der Waals surface area contributed by atoms with Gasteiger partial charge in [0.2, 0.25) is 0 Å². The van der Waals surface area contributed by atoms with Crippen molar-refractivity contribution >= 4 is 17.3 Å². The minimum absolute atomic E-state index is 0.0820. The summed E-state index contributed by atoms with van der Waals surface area (Å²) in [5.74, 6) is -0.932. The molecule has 2 unspecified atom stereocenters. The Hall–Kier alpha value is -2.15. The first-order valence-corrected chi connectivity index (χ1v) is 6.34. The lowest BCUT2D eigenvalue weighted by Gasteiger charge is -2.13. The topological polar surface area (TPSA) is 102 Å². The number of nitrogens with one attached hydrogen (secondary N) is 1. The molecule has 0 aromatic heterocycles. The van der Waals surface area contributed by atoms with E-state index in [0.717, 1.165) is 5.69 Å². The van der Waals surface area contributed by atoms with Gasteiger partial charge in [0, 0.05) is 23.9 Å².